The molecule has 3 heteroatoms. The molecule has 0 fully saturated rings. The van der Waals surface area contributed by atoms with Gasteiger partial charge in [0.2, 0.25) is 0 Å². The second-order valence-corrected chi connectivity index (χ2v) is 1.74. The highest BCUT2D eigenvalue weighted by Gasteiger charge is 2.09. The molecule has 0 N–H and O–H groups in total. The molecule has 0 saturated heterocycles. The van der Waals surface area contributed by atoms with Crippen LogP contribution in [0.2, 0.25) is 0 Å². The third kappa shape index (κ3) is 1.33. The number of hydrogen-bond acceptors (Lipinski definition) is 2. The Kier molecular flexibility index (Phi) is 1.90. The van der Waals surface area contributed by atoms with E-state index >= 15 is 0 Å². The third-order valence-electron chi connectivity index (χ3n) is 0.973. The summed E-state index contributed by atoms with van der Waals surface area (Å²) in [6.45, 7) is 0. The van der Waals surface area contributed by atoms with Crippen LogP contribution in [0.15, 0.2) is 23.8 Å². The largest absolute Gasteiger partial charge is 0.446 e. The van der Waals surface area contributed by atoms with Crippen molar-refractivity contribution >= 4 is 17.6 Å². The van der Waals surface area contributed by atoms with Crippen LogP contribution in [0.25, 0.3) is 0 Å². The Bertz CT molecular complexity index is 181. The first-order valence-electron chi connectivity index (χ1n) is 2.46. The van der Waals surface area contributed by atoms with Gasteiger partial charge in [-0.15, -0.1) is 0 Å². The number of ether oxygens (including phenoxy) is 1. The van der Waals surface area contributed by atoms with Gasteiger partial charge in [-0.1, -0.05) is 17.7 Å². The lowest BCUT2D eigenvalue weighted by Crippen LogP contribution is -2.07. The highest BCUT2D eigenvalue weighted by molar-refractivity contribution is 6.17. The fourth-order valence-corrected chi connectivity index (χ4v) is 0.561. The fraction of sp³-hybridized carbons (Fsp3) is 0.167. The number of rotatable bonds is 2. The van der Waals surface area contributed by atoms with E-state index in [1.165, 1.54) is 0 Å². The van der Waals surface area contributed by atoms with Crippen LogP contribution in [0, 0.1) is 0 Å². The predicted octanol–water partition coefficient (Wildman–Crippen LogP) is 1.22. The van der Waals surface area contributed by atoms with E-state index in [9.17, 15) is 4.79 Å². The molecular formula is C6H5ClO2. The molecule has 0 bridgehead atoms. The standard InChI is InChI=1S/C6H5ClO2/c7-4-9-6(8)5-2-1-3-5/h1-3H,4H2. The van der Waals surface area contributed by atoms with Gasteiger partial charge in [-0.05, 0) is 12.2 Å². The Balaban J connectivity index is 2.35. The number of carbonyl (C=O) groups is 1. The molecule has 0 aromatic carbocycles. The van der Waals surface area contributed by atoms with Crippen LogP contribution in [0.5, 0.6) is 0 Å². The van der Waals surface area contributed by atoms with Gasteiger partial charge in [0.05, 0.1) is 5.57 Å². The van der Waals surface area contributed by atoms with Crippen LogP contribution in [-0.4, -0.2) is 12.0 Å². The van der Waals surface area contributed by atoms with Gasteiger partial charge < -0.3 is 4.74 Å². The van der Waals surface area contributed by atoms with Gasteiger partial charge in [0, 0.05) is 0 Å². The van der Waals surface area contributed by atoms with Gasteiger partial charge in [-0.3, -0.25) is 0 Å². The number of allylic oxidation sites excluding steroid dienone is 2. The van der Waals surface area contributed by atoms with E-state index in [0.29, 0.717) is 5.57 Å². The maximum atomic E-state index is 10.6. The first-order valence-corrected chi connectivity index (χ1v) is 2.99. The lowest BCUT2D eigenvalue weighted by atomic mass is 10.1. The summed E-state index contributed by atoms with van der Waals surface area (Å²) in [5.41, 5.74) is 0.579. The summed E-state index contributed by atoms with van der Waals surface area (Å²) in [6, 6.07) is -0.0794. The van der Waals surface area contributed by atoms with E-state index in [-0.39, 0.29) is 12.0 Å². The second kappa shape index (κ2) is 2.69. The van der Waals surface area contributed by atoms with Crippen molar-refractivity contribution in [3.8, 4) is 0 Å². The quantitative estimate of drug-likeness (QED) is 0.430. The van der Waals surface area contributed by atoms with Crippen molar-refractivity contribution in [3.05, 3.63) is 23.8 Å². The van der Waals surface area contributed by atoms with E-state index < -0.39 is 0 Å². The summed E-state index contributed by atoms with van der Waals surface area (Å²) in [5.74, 6) is -0.354. The van der Waals surface area contributed by atoms with Crippen molar-refractivity contribution in [3.63, 3.8) is 0 Å². The van der Waals surface area contributed by atoms with Crippen LogP contribution in [0.1, 0.15) is 0 Å². The average molecular weight is 145 g/mol. The van der Waals surface area contributed by atoms with Crippen LogP contribution >= 0.6 is 11.6 Å². The maximum absolute atomic E-state index is 10.6. The summed E-state index contributed by atoms with van der Waals surface area (Å²) >= 11 is 5.13. The zero-order chi connectivity index (χ0) is 6.69. The van der Waals surface area contributed by atoms with E-state index in [2.05, 4.69) is 4.74 Å². The van der Waals surface area contributed by atoms with Crippen LogP contribution < -0.4 is 0 Å². The number of hydrogen-bond donors (Lipinski definition) is 0. The van der Waals surface area contributed by atoms with Gasteiger partial charge in [0.25, 0.3) is 0 Å². The van der Waals surface area contributed by atoms with E-state index in [1.807, 2.05) is 0 Å². The molecule has 0 spiro atoms. The molecule has 0 aromatic rings. The predicted molar refractivity (Wildman–Crippen MR) is 34.0 cm³/mol. The van der Waals surface area contributed by atoms with Gasteiger partial charge in [0.1, 0.15) is 0 Å². The topological polar surface area (TPSA) is 26.3 Å². The molecule has 0 saturated carbocycles. The molecule has 0 amide bonds. The van der Waals surface area contributed by atoms with Crippen LogP contribution in [-0.2, 0) is 9.53 Å². The summed E-state index contributed by atoms with van der Waals surface area (Å²) in [6.07, 6.45) is 5.12. The van der Waals surface area contributed by atoms with E-state index in [4.69, 9.17) is 11.6 Å². The number of carbonyl (C=O) groups excluding carboxylic acids is 1. The van der Waals surface area contributed by atoms with Crippen LogP contribution in [0.4, 0.5) is 0 Å². The average Bonchev–Trinajstić information content (AvgIpc) is 1.60. The summed E-state index contributed by atoms with van der Waals surface area (Å²) in [4.78, 5) is 10.6. The highest BCUT2D eigenvalue weighted by atomic mass is 35.5. The molecule has 0 aromatic heterocycles. The zero-order valence-corrected chi connectivity index (χ0v) is 5.39. The normalized spacial score (nSPS) is 14.1. The van der Waals surface area contributed by atoms with Gasteiger partial charge >= 0.3 is 5.97 Å². The van der Waals surface area contributed by atoms with Crippen molar-refractivity contribution in [2.75, 3.05) is 6.07 Å². The van der Waals surface area contributed by atoms with Gasteiger partial charge in [-0.2, -0.15) is 0 Å². The Morgan fingerprint density at radius 2 is 2.44 bits per heavy atom. The van der Waals surface area contributed by atoms with Crippen molar-refractivity contribution in [2.45, 2.75) is 0 Å². The summed E-state index contributed by atoms with van der Waals surface area (Å²) < 4.78 is 4.45. The maximum Gasteiger partial charge on any atom is 0.339 e. The first-order chi connectivity index (χ1) is 4.34. The molecule has 1 rings (SSSR count). The lowest BCUT2D eigenvalue weighted by Gasteiger charge is -2.03. The smallest absolute Gasteiger partial charge is 0.339 e. The van der Waals surface area contributed by atoms with E-state index in [0.717, 1.165) is 0 Å². The number of esters is 1. The molecule has 1 aliphatic carbocycles. The monoisotopic (exact) mass is 144 g/mol. The molecule has 0 atom stereocenters. The first kappa shape index (κ1) is 6.36. The van der Waals surface area contributed by atoms with Crippen LogP contribution in [0.3, 0.4) is 0 Å². The molecular weight excluding hydrogens is 140 g/mol. The third-order valence-corrected chi connectivity index (χ3v) is 1.08. The minimum absolute atomic E-state index is 0.0794. The Morgan fingerprint density at radius 1 is 1.78 bits per heavy atom. The van der Waals surface area contributed by atoms with Crippen molar-refractivity contribution in [2.24, 2.45) is 0 Å². The Labute approximate surface area is 57.8 Å². The van der Waals surface area contributed by atoms with Crippen molar-refractivity contribution in [1.29, 1.82) is 0 Å². The fourth-order valence-electron chi connectivity index (χ4n) is 0.461. The SMILES string of the molecule is O=C(OCCl)C1=CC=C1. The van der Waals surface area contributed by atoms with Crippen molar-refractivity contribution < 1.29 is 9.53 Å². The molecule has 1 aliphatic rings. The second-order valence-electron chi connectivity index (χ2n) is 1.52. The molecule has 9 heavy (non-hydrogen) atoms. The summed E-state index contributed by atoms with van der Waals surface area (Å²) in [7, 11) is 0. The Hall–Kier alpha value is -0.760. The zero-order valence-electron chi connectivity index (χ0n) is 4.63. The Morgan fingerprint density at radius 3 is 2.78 bits per heavy atom. The molecule has 48 valence electrons. The summed E-state index contributed by atoms with van der Waals surface area (Å²) in [5, 5.41) is 0. The number of halogens is 1. The lowest BCUT2D eigenvalue weighted by molar-refractivity contribution is -0.136. The number of alkyl halides is 1. The van der Waals surface area contributed by atoms with E-state index in [1.54, 1.807) is 18.2 Å². The van der Waals surface area contributed by atoms with Crippen molar-refractivity contribution in [1.82, 2.24) is 0 Å². The molecule has 2 nitrogen and oxygen atoms in total. The molecule has 0 heterocycles. The minimum atomic E-state index is -0.354. The molecule has 0 aliphatic heterocycles. The van der Waals surface area contributed by atoms with Gasteiger partial charge in [-0.25, -0.2) is 4.79 Å². The van der Waals surface area contributed by atoms with Gasteiger partial charge in [0.15, 0.2) is 6.07 Å². The molecule has 0 radical (unpaired) electrons. The minimum Gasteiger partial charge on any atom is -0.446 e. The highest BCUT2D eigenvalue weighted by Crippen LogP contribution is 2.09. The molecule has 0 unspecified atom stereocenters.